The number of hydrogen-bond acceptors (Lipinski definition) is 6. The number of halogens is 2. The van der Waals surface area contributed by atoms with Gasteiger partial charge in [0.1, 0.15) is 16.1 Å². The van der Waals surface area contributed by atoms with E-state index in [0.29, 0.717) is 25.1 Å². The molecule has 0 radical (unpaired) electrons. The van der Waals surface area contributed by atoms with Crippen molar-refractivity contribution in [2.24, 2.45) is 17.6 Å². The molecule has 2 aliphatic rings. The first-order chi connectivity index (χ1) is 14.6. The molecule has 1 aromatic rings. The Bertz CT molecular complexity index is 894. The normalized spacial score (nSPS) is 23.8. The Kier molecular flexibility index (Phi) is 7.08. The molecule has 2 fully saturated rings. The van der Waals surface area contributed by atoms with Gasteiger partial charge in [-0.3, -0.25) is 19.8 Å². The van der Waals surface area contributed by atoms with E-state index in [2.05, 4.69) is 10.6 Å². The van der Waals surface area contributed by atoms with Crippen molar-refractivity contribution in [3.05, 3.63) is 29.8 Å². The van der Waals surface area contributed by atoms with Gasteiger partial charge in [-0.1, -0.05) is 18.2 Å². The highest BCUT2D eigenvalue weighted by Gasteiger charge is 2.51. The van der Waals surface area contributed by atoms with Gasteiger partial charge in [0.05, 0.1) is 6.54 Å². The van der Waals surface area contributed by atoms with Gasteiger partial charge in [0.25, 0.3) is 5.91 Å². The third-order valence-electron chi connectivity index (χ3n) is 5.62. The molecule has 11 heteroatoms. The number of alkyl halides is 2. The van der Waals surface area contributed by atoms with Gasteiger partial charge in [-0.15, -0.1) is 23.2 Å². The summed E-state index contributed by atoms with van der Waals surface area (Å²) in [6.45, 7) is 0.302. The Balaban J connectivity index is 1.63. The first-order valence-corrected chi connectivity index (χ1v) is 10.7. The number of primary amides is 1. The molecule has 6 N–H and O–H groups in total. The van der Waals surface area contributed by atoms with Crippen molar-refractivity contribution in [1.29, 1.82) is 5.41 Å². The topological polar surface area (TPSA) is 149 Å². The lowest BCUT2D eigenvalue weighted by Gasteiger charge is -2.24. The highest BCUT2D eigenvalue weighted by Crippen LogP contribution is 2.52. The molecule has 31 heavy (non-hydrogen) atoms. The summed E-state index contributed by atoms with van der Waals surface area (Å²) in [4.78, 5) is 38.4. The number of hydrogen-bond donors (Lipinski definition) is 5. The van der Waals surface area contributed by atoms with Crippen LogP contribution in [0.3, 0.4) is 0 Å². The minimum Gasteiger partial charge on any atom is -0.396 e. The smallest absolute Gasteiger partial charge is 0.267 e. The van der Waals surface area contributed by atoms with Crippen molar-refractivity contribution < 1.29 is 19.5 Å². The van der Waals surface area contributed by atoms with E-state index in [1.54, 1.807) is 24.3 Å². The van der Waals surface area contributed by atoms with Gasteiger partial charge in [-0.25, -0.2) is 0 Å². The largest absolute Gasteiger partial charge is 0.396 e. The van der Waals surface area contributed by atoms with Gasteiger partial charge in [0.2, 0.25) is 11.8 Å². The van der Waals surface area contributed by atoms with Crippen LogP contribution in [0.1, 0.15) is 18.4 Å². The predicted octanol–water partition coefficient (Wildman–Crippen LogP) is 0.471. The number of benzene rings is 1. The molecule has 1 aliphatic heterocycles. The van der Waals surface area contributed by atoms with E-state index < -0.39 is 16.3 Å². The van der Waals surface area contributed by atoms with Crippen molar-refractivity contribution in [2.75, 3.05) is 31.6 Å². The number of nitrogens with one attached hydrogen (secondary N) is 3. The molecule has 0 bridgehead atoms. The molecule has 0 spiro atoms. The molecule has 1 saturated carbocycles. The molecule has 0 unspecified atom stereocenters. The number of aliphatic hydroxyl groups is 1. The molecule has 3 atom stereocenters. The van der Waals surface area contributed by atoms with Gasteiger partial charge in [0, 0.05) is 42.8 Å². The van der Waals surface area contributed by atoms with Crippen molar-refractivity contribution in [2.45, 2.75) is 23.2 Å². The van der Waals surface area contributed by atoms with Gasteiger partial charge in [-0.2, -0.15) is 0 Å². The summed E-state index contributed by atoms with van der Waals surface area (Å²) in [7, 11) is 0. The fourth-order valence-corrected chi connectivity index (χ4v) is 4.20. The van der Waals surface area contributed by atoms with E-state index in [-0.39, 0.29) is 54.6 Å². The number of nitrogens with zero attached hydrogens (tertiary/aromatic N) is 1. The number of aliphatic hydroxyl groups excluding tert-OH is 1. The third kappa shape index (κ3) is 5.47. The molecule has 1 saturated heterocycles. The summed E-state index contributed by atoms with van der Waals surface area (Å²) in [5.41, 5.74) is 5.51. The molecule has 9 nitrogen and oxygen atoms in total. The van der Waals surface area contributed by atoms with Crippen molar-refractivity contribution in [3.63, 3.8) is 0 Å². The standard InChI is InChI=1S/C20H25Cl2N5O4/c21-20(22)6-12(20)7-26-19(31)15-5-11(10-28)9-27(15)16(29)8-25-14-4-2-1-3-13(14)17(23)18(24)30/h1-4,11-12,15,23,25,28H,5-10H2,(H2,24,30)(H,26,31)/t11-,12+,15-/m0/s1. The number of rotatable bonds is 9. The van der Waals surface area contributed by atoms with Crippen LogP contribution >= 0.6 is 23.2 Å². The Morgan fingerprint density at radius 2 is 1.97 bits per heavy atom. The number of para-hydroxylation sites is 1. The van der Waals surface area contributed by atoms with Crippen molar-refractivity contribution in [1.82, 2.24) is 10.2 Å². The van der Waals surface area contributed by atoms with E-state index in [0.717, 1.165) is 0 Å². The lowest BCUT2D eigenvalue weighted by atomic mass is 10.1. The zero-order valence-electron chi connectivity index (χ0n) is 16.7. The molecular weight excluding hydrogens is 445 g/mol. The summed E-state index contributed by atoms with van der Waals surface area (Å²) >= 11 is 12.0. The quantitative estimate of drug-likeness (QED) is 0.263. The molecule has 0 aromatic heterocycles. The zero-order chi connectivity index (χ0) is 22.8. The second-order valence-electron chi connectivity index (χ2n) is 7.89. The summed E-state index contributed by atoms with van der Waals surface area (Å²) in [6, 6.07) is 5.83. The van der Waals surface area contributed by atoms with Gasteiger partial charge in [-0.05, 0) is 18.9 Å². The number of carbonyl (C=O) groups is 3. The van der Waals surface area contributed by atoms with E-state index in [4.69, 9.17) is 34.3 Å². The van der Waals surface area contributed by atoms with Crippen molar-refractivity contribution in [3.8, 4) is 0 Å². The van der Waals surface area contributed by atoms with Crippen LogP contribution in [-0.2, 0) is 14.4 Å². The first kappa shape index (κ1) is 23.3. The second-order valence-corrected chi connectivity index (χ2v) is 9.43. The minimum absolute atomic E-state index is 0.0160. The van der Waals surface area contributed by atoms with Crippen LogP contribution in [0.5, 0.6) is 0 Å². The Labute approximate surface area is 189 Å². The maximum absolute atomic E-state index is 12.9. The van der Waals surface area contributed by atoms with Crippen LogP contribution < -0.4 is 16.4 Å². The average molecular weight is 470 g/mol. The molecular formula is C20H25Cl2N5O4. The zero-order valence-corrected chi connectivity index (χ0v) is 18.2. The van der Waals surface area contributed by atoms with E-state index in [1.165, 1.54) is 4.90 Å². The highest BCUT2D eigenvalue weighted by molar-refractivity contribution is 6.50. The van der Waals surface area contributed by atoms with Crippen LogP contribution in [0.25, 0.3) is 0 Å². The lowest BCUT2D eigenvalue weighted by molar-refractivity contribution is -0.137. The third-order valence-corrected chi connectivity index (χ3v) is 6.55. The first-order valence-electron chi connectivity index (χ1n) is 9.91. The second kappa shape index (κ2) is 9.42. The van der Waals surface area contributed by atoms with Gasteiger partial charge < -0.3 is 26.4 Å². The number of carbonyl (C=O) groups excluding carboxylic acids is 3. The number of anilines is 1. The fourth-order valence-electron chi connectivity index (χ4n) is 3.67. The van der Waals surface area contributed by atoms with Crippen LogP contribution in [0.15, 0.2) is 24.3 Å². The van der Waals surface area contributed by atoms with Crippen LogP contribution in [-0.4, -0.2) is 70.1 Å². The monoisotopic (exact) mass is 469 g/mol. The molecule has 3 amide bonds. The average Bonchev–Trinajstić information content (AvgIpc) is 3.14. The molecule has 3 rings (SSSR count). The van der Waals surface area contributed by atoms with Gasteiger partial charge in [0.15, 0.2) is 0 Å². The van der Waals surface area contributed by atoms with Crippen LogP contribution in [0.2, 0.25) is 0 Å². The number of nitrogens with two attached hydrogens (primary N) is 1. The molecule has 168 valence electrons. The van der Waals surface area contributed by atoms with Crippen molar-refractivity contribution >= 4 is 52.3 Å². The molecule has 1 aromatic carbocycles. The summed E-state index contributed by atoms with van der Waals surface area (Å²) in [6.07, 6.45) is 0.959. The Morgan fingerprint density at radius 3 is 2.58 bits per heavy atom. The number of likely N-dealkylation sites (tertiary alicyclic amines) is 1. The minimum atomic E-state index is -0.879. The van der Waals surface area contributed by atoms with E-state index >= 15 is 0 Å². The fraction of sp³-hybridized carbons (Fsp3) is 0.500. The van der Waals surface area contributed by atoms with Gasteiger partial charge >= 0.3 is 0 Å². The Hall–Kier alpha value is -2.36. The highest BCUT2D eigenvalue weighted by atomic mass is 35.5. The van der Waals surface area contributed by atoms with E-state index in [1.807, 2.05) is 0 Å². The maximum atomic E-state index is 12.9. The maximum Gasteiger partial charge on any atom is 0.267 e. The summed E-state index contributed by atoms with van der Waals surface area (Å²) in [5.74, 6) is -1.74. The summed E-state index contributed by atoms with van der Waals surface area (Å²) < 4.78 is -0.804. The number of amides is 3. The summed E-state index contributed by atoms with van der Waals surface area (Å²) in [5, 5.41) is 23.1. The Morgan fingerprint density at radius 1 is 1.29 bits per heavy atom. The van der Waals surface area contributed by atoms with Crippen LogP contribution in [0, 0.1) is 17.2 Å². The molecule has 1 aliphatic carbocycles. The van der Waals surface area contributed by atoms with E-state index in [9.17, 15) is 19.5 Å². The SMILES string of the molecule is N=C(C(N)=O)c1ccccc1NCC(=O)N1C[C@@H](CO)C[C@H]1C(=O)NC[C@H]1CC1(Cl)Cl. The van der Waals surface area contributed by atoms with Crippen LogP contribution in [0.4, 0.5) is 5.69 Å². The lowest BCUT2D eigenvalue weighted by Crippen LogP contribution is -2.48. The molecule has 1 heterocycles. The predicted molar refractivity (Wildman–Crippen MR) is 117 cm³/mol.